The second-order valence-electron chi connectivity index (χ2n) is 27.1. The highest BCUT2D eigenvalue weighted by Crippen LogP contribution is 2.31. The third-order valence-corrected chi connectivity index (χ3v) is 21.2. The van der Waals surface area contributed by atoms with E-state index in [1.165, 1.54) is 56.3 Å². The fourth-order valence-electron chi connectivity index (χ4n) is 13.3. The van der Waals surface area contributed by atoms with Crippen LogP contribution in [0.3, 0.4) is 0 Å². The highest BCUT2D eigenvalue weighted by Gasteiger charge is 2.27. The maximum absolute atomic E-state index is 13.6. The number of para-hydroxylation sites is 7. The molecular weight excluding hydrogens is 1360 g/mol. The van der Waals surface area contributed by atoms with Crippen molar-refractivity contribution < 1.29 is 36.1 Å². The van der Waals surface area contributed by atoms with Gasteiger partial charge >= 0.3 is 6.55 Å². The number of aryl methyl sites for hydroxylation is 1. The molecular formula is C82H101F2N15O6S. The van der Waals surface area contributed by atoms with E-state index in [1.54, 1.807) is 49.8 Å². The highest BCUT2D eigenvalue weighted by atomic mass is 32.2. The van der Waals surface area contributed by atoms with Crippen molar-refractivity contribution in [1.29, 1.82) is 0 Å². The van der Waals surface area contributed by atoms with Gasteiger partial charge in [0, 0.05) is 70.8 Å². The van der Waals surface area contributed by atoms with Gasteiger partial charge in [-0.1, -0.05) is 86.1 Å². The standard InChI is InChI=1S/C22H27N3O.C21H29N5O2S.C21H25N3O3.C18H20F2N4/c1-18(24-14-8-3-9-15-24)22-23-20-12-6-7-13-21(20)25(22)16-17-26-19-10-4-2-5-11-19;1-6-13-26-20-11-10-17(29(27,28)24(3)4)14-19(20)23-21(26)15-25(5)16(2)18-9-7-8-12-22-18;1-25-17-5-4-6-18(15-17)27-14-11-24-20-8-3-2-7-19(20)22-21(24)16-23-9-12-26-13-10-23;1-13(2)23(11-14-7-5-6-10-21-14)12-17-22-15-8-3-4-9-16(15)24(17)18(19)20/h2,4-7,10-13,18H,3,8-9,14-17H2,1H3;7-12,14,16H,6,13,15H2,1-5H3;2-8,15H,9-14,16H2,1H3;3-10,13,18H,11-12H2,1-2H3. The largest absolute Gasteiger partial charge is 0.497 e. The molecule has 2 saturated heterocycles. The number of fused-ring (bicyclic) bond motifs is 4. The number of aromatic nitrogens is 10. The van der Waals surface area contributed by atoms with Crippen LogP contribution in [-0.4, -0.2) is 167 Å². The second kappa shape index (κ2) is 37.6. The van der Waals surface area contributed by atoms with E-state index in [0.717, 1.165) is 132 Å². The molecule has 0 spiro atoms. The molecule has 24 heteroatoms. The molecule has 106 heavy (non-hydrogen) atoms. The Morgan fingerprint density at radius 2 is 1.11 bits per heavy atom. The summed E-state index contributed by atoms with van der Waals surface area (Å²) < 4.78 is 83.8. The molecule has 6 aromatic carbocycles. The van der Waals surface area contributed by atoms with Gasteiger partial charge in [0.05, 0.1) is 120 Å². The van der Waals surface area contributed by atoms with Crippen LogP contribution in [0, 0.1) is 0 Å². The summed E-state index contributed by atoms with van der Waals surface area (Å²) in [6.07, 6.45) is 8.45. The second-order valence-corrected chi connectivity index (χ2v) is 29.2. The summed E-state index contributed by atoms with van der Waals surface area (Å²) in [6.45, 7) is 19.8. The lowest BCUT2D eigenvalue weighted by Gasteiger charge is -2.32. The predicted octanol–water partition coefficient (Wildman–Crippen LogP) is 15.1. The van der Waals surface area contributed by atoms with Gasteiger partial charge in [0.2, 0.25) is 10.0 Å². The van der Waals surface area contributed by atoms with Gasteiger partial charge in [-0.3, -0.25) is 34.1 Å². The fourth-order valence-corrected chi connectivity index (χ4v) is 14.3. The molecule has 560 valence electrons. The third-order valence-electron chi connectivity index (χ3n) is 19.4. The molecule has 0 saturated carbocycles. The predicted molar refractivity (Wildman–Crippen MR) is 414 cm³/mol. The number of hydrogen-bond donors (Lipinski definition) is 0. The number of benzene rings is 6. The molecule has 8 heterocycles. The maximum Gasteiger partial charge on any atom is 0.320 e. The van der Waals surface area contributed by atoms with Crippen molar-refractivity contribution in [3.63, 3.8) is 0 Å². The molecule has 0 amide bonds. The molecule has 12 aromatic rings. The van der Waals surface area contributed by atoms with Crippen LogP contribution < -0.4 is 14.2 Å². The summed E-state index contributed by atoms with van der Waals surface area (Å²) in [5, 5.41) is 0. The normalized spacial score (nSPS) is 14.3. The lowest BCUT2D eigenvalue weighted by Crippen LogP contribution is -2.36. The maximum atomic E-state index is 13.6. The van der Waals surface area contributed by atoms with Gasteiger partial charge in [0.1, 0.15) is 53.8 Å². The summed E-state index contributed by atoms with van der Waals surface area (Å²) >= 11 is 0. The van der Waals surface area contributed by atoms with Crippen LogP contribution in [0.4, 0.5) is 8.78 Å². The number of piperidine rings is 1. The van der Waals surface area contributed by atoms with E-state index in [0.29, 0.717) is 61.3 Å². The molecule has 2 unspecified atom stereocenters. The zero-order chi connectivity index (χ0) is 74.5. The van der Waals surface area contributed by atoms with E-state index in [4.69, 9.17) is 33.9 Å². The Hall–Kier alpha value is -9.53. The number of sulfonamides is 1. The first-order valence-corrected chi connectivity index (χ1v) is 38.2. The van der Waals surface area contributed by atoms with E-state index in [1.807, 2.05) is 123 Å². The number of nitrogens with zero attached hydrogens (tertiary/aromatic N) is 15. The van der Waals surface area contributed by atoms with Crippen molar-refractivity contribution in [1.82, 2.24) is 72.1 Å². The van der Waals surface area contributed by atoms with Crippen molar-refractivity contribution in [3.8, 4) is 17.2 Å². The van der Waals surface area contributed by atoms with E-state index in [9.17, 15) is 17.2 Å². The van der Waals surface area contributed by atoms with Gasteiger partial charge in [-0.15, -0.1) is 0 Å². The third kappa shape index (κ3) is 19.9. The van der Waals surface area contributed by atoms with E-state index in [-0.39, 0.29) is 17.0 Å². The van der Waals surface area contributed by atoms with Crippen LogP contribution in [0.25, 0.3) is 44.1 Å². The number of imidazole rings is 4. The van der Waals surface area contributed by atoms with Crippen LogP contribution >= 0.6 is 0 Å². The number of likely N-dealkylation sites (tertiary alicyclic amines) is 1. The topological polar surface area (TPSA) is 184 Å². The van der Waals surface area contributed by atoms with Crippen molar-refractivity contribution in [2.45, 2.75) is 136 Å². The first-order valence-electron chi connectivity index (χ1n) is 36.8. The van der Waals surface area contributed by atoms with Crippen molar-refractivity contribution >= 4 is 54.2 Å². The minimum Gasteiger partial charge on any atom is -0.497 e. The first kappa shape index (κ1) is 77.6. The Kier molecular flexibility index (Phi) is 27.5. The Balaban J connectivity index is 0.000000141. The highest BCUT2D eigenvalue weighted by molar-refractivity contribution is 7.89. The number of hydrogen-bond acceptors (Lipinski definition) is 16. The first-order chi connectivity index (χ1) is 51.5. The molecule has 0 bridgehead atoms. The lowest BCUT2D eigenvalue weighted by atomic mass is 10.1. The van der Waals surface area contributed by atoms with Crippen LogP contribution in [-0.2, 0) is 60.6 Å². The van der Waals surface area contributed by atoms with Gasteiger partial charge in [-0.25, -0.2) is 32.7 Å². The van der Waals surface area contributed by atoms with Gasteiger partial charge in [0.15, 0.2) is 0 Å². The average Bonchev–Trinajstić information content (AvgIpc) is 1.63. The van der Waals surface area contributed by atoms with Gasteiger partial charge < -0.3 is 32.6 Å². The minimum absolute atomic E-state index is 0.135. The molecule has 0 aliphatic carbocycles. The summed E-state index contributed by atoms with van der Waals surface area (Å²) in [7, 11) is 3.30. The summed E-state index contributed by atoms with van der Waals surface area (Å²) in [4.78, 5) is 37.4. The molecule has 21 nitrogen and oxygen atoms in total. The zero-order valence-corrected chi connectivity index (χ0v) is 63.4. The molecule has 2 aliphatic rings. The van der Waals surface area contributed by atoms with Crippen molar-refractivity contribution in [2.24, 2.45) is 0 Å². The summed E-state index contributed by atoms with van der Waals surface area (Å²) in [6, 6.07) is 58.9. The number of pyridine rings is 2. The van der Waals surface area contributed by atoms with Gasteiger partial charge in [0.25, 0.3) is 0 Å². The van der Waals surface area contributed by atoms with Crippen LogP contribution in [0.2, 0.25) is 0 Å². The monoisotopic (exact) mass is 1460 g/mol. The van der Waals surface area contributed by atoms with Crippen LogP contribution in [0.1, 0.15) is 114 Å². The van der Waals surface area contributed by atoms with Gasteiger partial charge in [-0.2, -0.15) is 8.78 Å². The molecule has 2 fully saturated rings. The van der Waals surface area contributed by atoms with E-state index < -0.39 is 16.6 Å². The zero-order valence-electron chi connectivity index (χ0n) is 62.5. The minimum atomic E-state index is -3.49. The molecule has 6 aromatic heterocycles. The number of morpholine rings is 1. The van der Waals surface area contributed by atoms with Crippen LogP contribution in [0.5, 0.6) is 17.2 Å². The number of alkyl halides is 2. The average molecular weight is 1460 g/mol. The number of ether oxygens (including phenoxy) is 4. The SMILES string of the molecule is CC(C)N(Cc1ccccn1)Cc1nc2ccccc2n1C(F)F.CC(c1nc2ccccc2n1CCOc1ccccc1)N1CCCCC1.CCCn1c(CN(C)C(C)c2ccccn2)nc2cc(S(=O)(=O)N(C)C)ccc21.COc1cccc(OCCn2c(CN3CCOCC3)nc3ccccc32)c1. The lowest BCUT2D eigenvalue weighted by molar-refractivity contribution is 0.0326. The number of halogens is 2. The Labute approximate surface area is 622 Å². The number of rotatable bonds is 27. The van der Waals surface area contributed by atoms with E-state index >= 15 is 0 Å². The molecule has 0 N–H and O–H groups in total. The van der Waals surface area contributed by atoms with Crippen molar-refractivity contribution in [2.75, 3.05) is 80.9 Å². The Morgan fingerprint density at radius 3 is 1.76 bits per heavy atom. The smallest absolute Gasteiger partial charge is 0.320 e. The summed E-state index contributed by atoms with van der Waals surface area (Å²) in [5.74, 6) is 6.06. The molecule has 0 radical (unpaired) electrons. The quantitative estimate of drug-likeness (QED) is 0.0473. The fraction of sp³-hybridized carbons (Fsp3) is 0.390. The number of methoxy groups -OCH3 is 1. The summed E-state index contributed by atoms with van der Waals surface area (Å²) in [5.41, 5.74) is 9.08. The molecule has 2 aliphatic heterocycles. The molecule has 14 rings (SSSR count). The Bertz CT molecular complexity index is 4810. The van der Waals surface area contributed by atoms with Crippen molar-refractivity contribution in [3.05, 3.63) is 229 Å². The molecule has 2 atom stereocenters. The van der Waals surface area contributed by atoms with Crippen LogP contribution in [0.15, 0.2) is 199 Å². The Morgan fingerprint density at radius 1 is 0.538 bits per heavy atom. The van der Waals surface area contributed by atoms with Gasteiger partial charge in [-0.05, 0) is 170 Å². The van der Waals surface area contributed by atoms with E-state index in [2.05, 4.69) is 119 Å².